The van der Waals surface area contributed by atoms with E-state index in [1.807, 2.05) is 12.1 Å². The zero-order valence-electron chi connectivity index (χ0n) is 15.9. The fraction of sp³-hybridized carbons (Fsp3) is 0.381. The van der Waals surface area contributed by atoms with Gasteiger partial charge in [0.2, 0.25) is 15.9 Å². The zero-order valence-corrected chi connectivity index (χ0v) is 16.7. The number of carbonyl (C=O) groups is 1. The van der Waals surface area contributed by atoms with Crippen LogP contribution in [0.15, 0.2) is 47.4 Å². The molecule has 1 unspecified atom stereocenters. The van der Waals surface area contributed by atoms with E-state index in [1.54, 1.807) is 4.90 Å². The standard InChI is InChI=1S/C21H22F2N2O3S/c22-18-6-3-7-19(23)21(18)29(27,28)25-12-10-24(11-13-25)20(26)14-16-9-8-15-4-1-2-5-17(15)16/h1-7,16H,8-14H2. The van der Waals surface area contributed by atoms with E-state index in [0.29, 0.717) is 6.42 Å². The Kier molecular flexibility index (Phi) is 5.40. The second-order valence-corrected chi connectivity index (χ2v) is 9.35. The van der Waals surface area contributed by atoms with E-state index in [0.717, 1.165) is 35.3 Å². The van der Waals surface area contributed by atoms with E-state index >= 15 is 0 Å². The van der Waals surface area contributed by atoms with Gasteiger partial charge < -0.3 is 4.90 Å². The Labute approximate surface area is 169 Å². The van der Waals surface area contributed by atoms with Crippen LogP contribution in [0.3, 0.4) is 0 Å². The van der Waals surface area contributed by atoms with E-state index in [1.165, 1.54) is 11.1 Å². The molecule has 1 amide bonds. The van der Waals surface area contributed by atoms with Crippen molar-refractivity contribution in [1.82, 2.24) is 9.21 Å². The van der Waals surface area contributed by atoms with Crippen LogP contribution in [0.25, 0.3) is 0 Å². The molecule has 0 spiro atoms. The topological polar surface area (TPSA) is 57.7 Å². The SMILES string of the molecule is O=C(CC1CCc2ccccc21)N1CCN(S(=O)(=O)c2c(F)cccc2F)CC1. The first-order valence-electron chi connectivity index (χ1n) is 9.67. The van der Waals surface area contributed by atoms with Gasteiger partial charge in [-0.05, 0) is 42.0 Å². The third-order valence-electron chi connectivity index (χ3n) is 5.79. The van der Waals surface area contributed by atoms with Crippen LogP contribution in [-0.4, -0.2) is 49.7 Å². The summed E-state index contributed by atoms with van der Waals surface area (Å²) < 4.78 is 54.3. The number of carbonyl (C=O) groups excluding carboxylic acids is 1. The molecular weight excluding hydrogens is 398 g/mol. The van der Waals surface area contributed by atoms with Crippen LogP contribution in [0.4, 0.5) is 8.78 Å². The molecule has 1 aliphatic carbocycles. The minimum Gasteiger partial charge on any atom is -0.340 e. The number of hydrogen-bond acceptors (Lipinski definition) is 3. The van der Waals surface area contributed by atoms with Crippen LogP contribution in [0.5, 0.6) is 0 Å². The summed E-state index contributed by atoms with van der Waals surface area (Å²) in [6, 6.07) is 11.1. The fourth-order valence-electron chi connectivity index (χ4n) is 4.23. The molecule has 1 atom stereocenters. The van der Waals surface area contributed by atoms with Gasteiger partial charge in [0, 0.05) is 32.6 Å². The molecule has 1 heterocycles. The van der Waals surface area contributed by atoms with Crippen molar-refractivity contribution in [2.75, 3.05) is 26.2 Å². The number of amides is 1. The Bertz CT molecular complexity index is 1010. The molecule has 1 fully saturated rings. The van der Waals surface area contributed by atoms with Crippen LogP contribution in [0.1, 0.15) is 29.9 Å². The Balaban J connectivity index is 1.40. The number of aryl methyl sites for hydroxylation is 1. The number of fused-ring (bicyclic) bond motifs is 1. The molecular formula is C21H22F2N2O3S. The molecule has 0 bridgehead atoms. The van der Waals surface area contributed by atoms with Gasteiger partial charge in [0.1, 0.15) is 11.6 Å². The van der Waals surface area contributed by atoms with Crippen molar-refractivity contribution in [3.05, 3.63) is 65.2 Å². The van der Waals surface area contributed by atoms with E-state index in [-0.39, 0.29) is 38.0 Å². The summed E-state index contributed by atoms with van der Waals surface area (Å²) in [5.41, 5.74) is 2.50. The molecule has 0 aromatic heterocycles. The predicted molar refractivity (Wildman–Crippen MR) is 104 cm³/mol. The van der Waals surface area contributed by atoms with Crippen molar-refractivity contribution in [1.29, 1.82) is 0 Å². The predicted octanol–water partition coefficient (Wildman–Crippen LogP) is 2.92. The van der Waals surface area contributed by atoms with Crippen molar-refractivity contribution in [2.24, 2.45) is 0 Å². The molecule has 4 rings (SSSR count). The number of hydrogen-bond donors (Lipinski definition) is 0. The lowest BCUT2D eigenvalue weighted by Crippen LogP contribution is -2.50. The van der Waals surface area contributed by atoms with Gasteiger partial charge in [-0.15, -0.1) is 0 Å². The summed E-state index contributed by atoms with van der Waals surface area (Å²) in [6.07, 6.45) is 2.30. The zero-order chi connectivity index (χ0) is 20.6. The first-order valence-corrected chi connectivity index (χ1v) is 11.1. The number of nitrogens with zero attached hydrogens (tertiary/aromatic N) is 2. The Morgan fingerprint density at radius 1 is 0.966 bits per heavy atom. The van der Waals surface area contributed by atoms with Gasteiger partial charge in [-0.25, -0.2) is 17.2 Å². The van der Waals surface area contributed by atoms with Crippen LogP contribution in [0.2, 0.25) is 0 Å². The summed E-state index contributed by atoms with van der Waals surface area (Å²) >= 11 is 0. The summed E-state index contributed by atoms with van der Waals surface area (Å²) in [6.45, 7) is 0.456. The lowest BCUT2D eigenvalue weighted by atomic mass is 9.97. The highest BCUT2D eigenvalue weighted by Crippen LogP contribution is 2.35. The Morgan fingerprint density at radius 2 is 1.62 bits per heavy atom. The minimum absolute atomic E-state index is 0.0131. The number of benzene rings is 2. The van der Waals surface area contributed by atoms with Gasteiger partial charge in [0.05, 0.1) is 0 Å². The second-order valence-electron chi connectivity index (χ2n) is 7.47. The lowest BCUT2D eigenvalue weighted by Gasteiger charge is -2.34. The molecule has 5 nitrogen and oxygen atoms in total. The summed E-state index contributed by atoms with van der Waals surface area (Å²) in [5, 5.41) is 0. The maximum absolute atomic E-state index is 13.9. The number of piperazine rings is 1. The van der Waals surface area contributed by atoms with Crippen molar-refractivity contribution in [3.8, 4) is 0 Å². The maximum Gasteiger partial charge on any atom is 0.249 e. The molecule has 1 aliphatic heterocycles. The highest BCUT2D eigenvalue weighted by atomic mass is 32.2. The monoisotopic (exact) mass is 420 g/mol. The van der Waals surface area contributed by atoms with Crippen molar-refractivity contribution < 1.29 is 22.0 Å². The summed E-state index contributed by atoms with van der Waals surface area (Å²) in [7, 11) is -4.29. The second kappa shape index (κ2) is 7.84. The maximum atomic E-state index is 13.9. The molecule has 1 saturated heterocycles. The molecule has 2 aromatic carbocycles. The van der Waals surface area contributed by atoms with Crippen molar-refractivity contribution in [2.45, 2.75) is 30.1 Å². The minimum atomic E-state index is -4.29. The first kappa shape index (κ1) is 20.0. The average molecular weight is 420 g/mol. The van der Waals surface area contributed by atoms with Crippen LogP contribution < -0.4 is 0 Å². The van der Waals surface area contributed by atoms with E-state index in [2.05, 4.69) is 12.1 Å². The van der Waals surface area contributed by atoms with Crippen LogP contribution >= 0.6 is 0 Å². The highest BCUT2D eigenvalue weighted by molar-refractivity contribution is 7.89. The van der Waals surface area contributed by atoms with Gasteiger partial charge in [-0.3, -0.25) is 4.79 Å². The van der Waals surface area contributed by atoms with E-state index in [4.69, 9.17) is 0 Å². The molecule has 0 radical (unpaired) electrons. The smallest absolute Gasteiger partial charge is 0.249 e. The molecule has 0 saturated carbocycles. The largest absolute Gasteiger partial charge is 0.340 e. The number of rotatable bonds is 4. The third-order valence-corrected chi connectivity index (χ3v) is 7.74. The van der Waals surface area contributed by atoms with Crippen LogP contribution in [0, 0.1) is 11.6 Å². The van der Waals surface area contributed by atoms with E-state index in [9.17, 15) is 22.0 Å². The Hall–Kier alpha value is -2.32. The first-order chi connectivity index (χ1) is 13.9. The molecule has 8 heteroatoms. The number of sulfonamides is 1. The average Bonchev–Trinajstić information content (AvgIpc) is 3.11. The van der Waals surface area contributed by atoms with E-state index < -0.39 is 26.6 Å². The fourth-order valence-corrected chi connectivity index (χ4v) is 5.76. The van der Waals surface area contributed by atoms with Crippen LogP contribution in [-0.2, 0) is 21.2 Å². The summed E-state index contributed by atoms with van der Waals surface area (Å²) in [5.74, 6) is -2.04. The number of halogens is 2. The van der Waals surface area contributed by atoms with Gasteiger partial charge in [-0.1, -0.05) is 30.3 Å². The lowest BCUT2D eigenvalue weighted by molar-refractivity contribution is -0.132. The third kappa shape index (κ3) is 3.79. The molecule has 154 valence electrons. The van der Waals surface area contributed by atoms with Gasteiger partial charge in [-0.2, -0.15) is 4.31 Å². The molecule has 2 aliphatic rings. The van der Waals surface area contributed by atoms with Gasteiger partial charge in [0.15, 0.2) is 4.90 Å². The van der Waals surface area contributed by atoms with Gasteiger partial charge in [0.25, 0.3) is 0 Å². The highest BCUT2D eigenvalue weighted by Gasteiger charge is 2.35. The normalized spacial score (nSPS) is 19.9. The Morgan fingerprint density at radius 3 is 2.31 bits per heavy atom. The summed E-state index contributed by atoms with van der Waals surface area (Å²) in [4.78, 5) is 13.5. The quantitative estimate of drug-likeness (QED) is 0.764. The van der Waals surface area contributed by atoms with Gasteiger partial charge >= 0.3 is 0 Å². The molecule has 0 N–H and O–H groups in total. The van der Waals surface area contributed by atoms with Crippen molar-refractivity contribution in [3.63, 3.8) is 0 Å². The molecule has 29 heavy (non-hydrogen) atoms. The van der Waals surface area contributed by atoms with Crippen molar-refractivity contribution >= 4 is 15.9 Å². The molecule has 2 aromatic rings.